The summed E-state index contributed by atoms with van der Waals surface area (Å²) in [4.78, 5) is 25.9. The molecular weight excluding hydrogens is 236 g/mol. The number of hydrogen-bond donors (Lipinski definition) is 1. The summed E-state index contributed by atoms with van der Waals surface area (Å²) in [6, 6.07) is -0.482. The lowest BCUT2D eigenvalue weighted by atomic mass is 10.2. The maximum absolute atomic E-state index is 12.2. The Morgan fingerprint density at radius 1 is 1.28 bits per heavy atom. The monoisotopic (exact) mass is 260 g/mol. The van der Waals surface area contributed by atoms with Gasteiger partial charge in [0.05, 0.1) is 12.6 Å². The van der Waals surface area contributed by atoms with Crippen molar-refractivity contribution in [1.82, 2.24) is 9.80 Å². The second-order valence-electron chi connectivity index (χ2n) is 4.48. The summed E-state index contributed by atoms with van der Waals surface area (Å²) < 4.78 is 4.99. The van der Waals surface area contributed by atoms with Crippen LogP contribution in [0.2, 0.25) is 0 Å². The number of hydrogen-bond acceptors (Lipinski definition) is 3. The number of carbonyl (C=O) groups is 2. The molecule has 0 aromatic rings. The van der Waals surface area contributed by atoms with Gasteiger partial charge < -0.3 is 19.6 Å². The number of rotatable bonds is 7. The van der Waals surface area contributed by atoms with Crippen LogP contribution in [0.15, 0.2) is 0 Å². The predicted octanol–water partition coefficient (Wildman–Crippen LogP) is 1.26. The van der Waals surface area contributed by atoms with Crippen LogP contribution in [0.5, 0.6) is 0 Å². The minimum Gasteiger partial charge on any atom is -0.480 e. The fourth-order valence-corrected chi connectivity index (χ4v) is 1.52. The Kier molecular flexibility index (Phi) is 7.35. The molecule has 2 atom stereocenters. The maximum atomic E-state index is 12.2. The van der Waals surface area contributed by atoms with Gasteiger partial charge in [0.15, 0.2) is 0 Å². The van der Waals surface area contributed by atoms with Crippen LogP contribution in [0.25, 0.3) is 0 Å². The molecule has 0 spiro atoms. The van der Waals surface area contributed by atoms with Gasteiger partial charge >= 0.3 is 12.0 Å². The largest absolute Gasteiger partial charge is 0.480 e. The molecular formula is C12H24N2O4. The average molecular weight is 260 g/mol. The second-order valence-corrected chi connectivity index (χ2v) is 4.48. The van der Waals surface area contributed by atoms with E-state index in [4.69, 9.17) is 9.84 Å². The van der Waals surface area contributed by atoms with Gasteiger partial charge in [-0.25, -0.2) is 4.79 Å². The number of carbonyl (C=O) groups excluding carboxylic acids is 1. The van der Waals surface area contributed by atoms with Crippen LogP contribution >= 0.6 is 0 Å². The van der Waals surface area contributed by atoms with Gasteiger partial charge in [0.1, 0.15) is 6.54 Å². The van der Waals surface area contributed by atoms with Crippen molar-refractivity contribution in [2.75, 3.05) is 27.3 Å². The first-order valence-electron chi connectivity index (χ1n) is 6.09. The molecule has 0 aromatic heterocycles. The zero-order chi connectivity index (χ0) is 14.3. The lowest BCUT2D eigenvalue weighted by molar-refractivity contribution is -0.138. The number of likely N-dealkylation sites (N-methyl/N-ethyl adjacent to an activating group) is 1. The quantitative estimate of drug-likeness (QED) is 0.748. The topological polar surface area (TPSA) is 70.1 Å². The molecule has 0 radical (unpaired) electrons. The first-order chi connectivity index (χ1) is 8.34. The molecule has 0 heterocycles. The number of carboxylic acids is 1. The van der Waals surface area contributed by atoms with E-state index in [1.165, 1.54) is 9.80 Å². The summed E-state index contributed by atoms with van der Waals surface area (Å²) in [7, 11) is 3.22. The number of carboxylic acid groups (broad SMARTS) is 1. The van der Waals surface area contributed by atoms with Crippen molar-refractivity contribution in [2.24, 2.45) is 0 Å². The number of amides is 2. The van der Waals surface area contributed by atoms with Gasteiger partial charge in [0, 0.05) is 20.2 Å². The second kappa shape index (κ2) is 7.92. The first-order valence-corrected chi connectivity index (χ1v) is 6.09. The zero-order valence-electron chi connectivity index (χ0n) is 11.8. The van der Waals surface area contributed by atoms with Crippen molar-refractivity contribution in [1.29, 1.82) is 0 Å². The molecule has 0 bridgehead atoms. The molecule has 2 amide bonds. The number of urea groups is 1. The van der Waals surface area contributed by atoms with Crippen molar-refractivity contribution in [3.05, 3.63) is 0 Å². The molecule has 0 saturated carbocycles. The van der Waals surface area contributed by atoms with Gasteiger partial charge in [0.25, 0.3) is 0 Å². The minimum atomic E-state index is -1.00. The lowest BCUT2D eigenvalue weighted by Gasteiger charge is -2.34. The maximum Gasteiger partial charge on any atom is 0.323 e. The molecule has 0 aliphatic rings. The highest BCUT2D eigenvalue weighted by atomic mass is 16.5. The number of ether oxygens (including phenoxy) is 1. The van der Waals surface area contributed by atoms with E-state index in [-0.39, 0.29) is 24.7 Å². The van der Waals surface area contributed by atoms with Crippen molar-refractivity contribution < 1.29 is 19.4 Å². The van der Waals surface area contributed by atoms with E-state index in [2.05, 4.69) is 0 Å². The Morgan fingerprint density at radius 3 is 2.22 bits per heavy atom. The van der Waals surface area contributed by atoms with Gasteiger partial charge in [-0.3, -0.25) is 4.79 Å². The van der Waals surface area contributed by atoms with E-state index in [1.54, 1.807) is 14.2 Å². The smallest absolute Gasteiger partial charge is 0.323 e. The third-order valence-corrected chi connectivity index (χ3v) is 3.04. The van der Waals surface area contributed by atoms with Crippen molar-refractivity contribution >= 4 is 12.0 Å². The van der Waals surface area contributed by atoms with Gasteiger partial charge in [-0.05, 0) is 20.3 Å². The average Bonchev–Trinajstić information content (AvgIpc) is 2.33. The van der Waals surface area contributed by atoms with Crippen molar-refractivity contribution in [3.8, 4) is 0 Å². The molecule has 1 N–H and O–H groups in total. The van der Waals surface area contributed by atoms with Crippen LogP contribution in [0, 0.1) is 0 Å². The standard InChI is InChI=1S/C12H24N2O4/c1-6-9(2)14(7-11(15)16)12(17)13(4)10(3)8-18-5/h9-10H,6-8H2,1-5H3,(H,15,16). The van der Waals surface area contributed by atoms with E-state index < -0.39 is 5.97 Å². The third-order valence-electron chi connectivity index (χ3n) is 3.04. The highest BCUT2D eigenvalue weighted by Crippen LogP contribution is 2.09. The van der Waals surface area contributed by atoms with Crippen LogP contribution in [-0.4, -0.2) is 66.3 Å². The molecule has 0 aliphatic carbocycles. The van der Waals surface area contributed by atoms with E-state index in [0.717, 1.165) is 0 Å². The van der Waals surface area contributed by atoms with Gasteiger partial charge in [0.2, 0.25) is 0 Å². The van der Waals surface area contributed by atoms with Crippen molar-refractivity contribution in [2.45, 2.75) is 39.3 Å². The zero-order valence-corrected chi connectivity index (χ0v) is 11.8. The summed E-state index contributed by atoms with van der Waals surface area (Å²) in [5, 5.41) is 8.86. The van der Waals surface area contributed by atoms with E-state index in [9.17, 15) is 9.59 Å². The molecule has 6 nitrogen and oxygen atoms in total. The Labute approximate surface area is 109 Å². The summed E-state index contributed by atoms with van der Waals surface area (Å²) in [5.41, 5.74) is 0. The third kappa shape index (κ3) is 4.91. The van der Waals surface area contributed by atoms with E-state index >= 15 is 0 Å². The predicted molar refractivity (Wildman–Crippen MR) is 68.6 cm³/mol. The lowest BCUT2D eigenvalue weighted by Crippen LogP contribution is -2.51. The summed E-state index contributed by atoms with van der Waals surface area (Å²) in [6.45, 7) is 5.76. The number of aliphatic carboxylic acids is 1. The molecule has 18 heavy (non-hydrogen) atoms. The molecule has 0 saturated heterocycles. The van der Waals surface area contributed by atoms with Crippen molar-refractivity contribution in [3.63, 3.8) is 0 Å². The molecule has 0 aliphatic heterocycles. The fraction of sp³-hybridized carbons (Fsp3) is 0.833. The first kappa shape index (κ1) is 16.7. The Bertz CT molecular complexity index is 283. The molecule has 0 fully saturated rings. The van der Waals surface area contributed by atoms with Gasteiger partial charge in [-0.1, -0.05) is 6.92 Å². The van der Waals surface area contributed by atoms with Crippen LogP contribution in [0.3, 0.4) is 0 Å². The fourth-order valence-electron chi connectivity index (χ4n) is 1.52. The van der Waals surface area contributed by atoms with Gasteiger partial charge in [-0.2, -0.15) is 0 Å². The normalized spacial score (nSPS) is 13.8. The highest BCUT2D eigenvalue weighted by molar-refractivity contribution is 5.80. The number of nitrogens with zero attached hydrogens (tertiary/aromatic N) is 2. The van der Waals surface area contributed by atoms with Crippen LogP contribution in [-0.2, 0) is 9.53 Å². The number of methoxy groups -OCH3 is 1. The Balaban J connectivity index is 4.78. The molecule has 2 unspecified atom stereocenters. The molecule has 6 heteroatoms. The SMILES string of the molecule is CCC(C)N(CC(=O)O)C(=O)N(C)C(C)COC. The van der Waals surface area contributed by atoms with E-state index in [0.29, 0.717) is 13.0 Å². The van der Waals surface area contributed by atoms with Gasteiger partial charge in [-0.15, -0.1) is 0 Å². The van der Waals surface area contributed by atoms with Crippen LogP contribution < -0.4 is 0 Å². The van der Waals surface area contributed by atoms with Crippen LogP contribution in [0.1, 0.15) is 27.2 Å². The molecule has 0 rings (SSSR count). The summed E-state index contributed by atoms with van der Waals surface area (Å²) in [6.07, 6.45) is 0.714. The van der Waals surface area contributed by atoms with E-state index in [1.807, 2.05) is 20.8 Å². The van der Waals surface area contributed by atoms with Crippen LogP contribution in [0.4, 0.5) is 4.79 Å². The summed E-state index contributed by atoms with van der Waals surface area (Å²) in [5.74, 6) is -1.00. The Hall–Kier alpha value is -1.30. The molecule has 0 aromatic carbocycles. The Morgan fingerprint density at radius 2 is 1.83 bits per heavy atom. The highest BCUT2D eigenvalue weighted by Gasteiger charge is 2.26. The summed E-state index contributed by atoms with van der Waals surface area (Å²) >= 11 is 0. The molecule has 106 valence electrons. The minimum absolute atomic E-state index is 0.0946.